The lowest BCUT2D eigenvalue weighted by Gasteiger charge is -2.16. The molecular weight excluding hydrogens is 326 g/mol. The van der Waals surface area contributed by atoms with E-state index >= 15 is 0 Å². The summed E-state index contributed by atoms with van der Waals surface area (Å²) in [5.74, 6) is -1.77. The van der Waals surface area contributed by atoms with Crippen molar-refractivity contribution in [3.05, 3.63) is 65.7 Å². The van der Waals surface area contributed by atoms with Gasteiger partial charge in [-0.2, -0.15) is 0 Å². The van der Waals surface area contributed by atoms with Gasteiger partial charge >= 0.3 is 0 Å². The van der Waals surface area contributed by atoms with Gasteiger partial charge in [0.2, 0.25) is 11.8 Å². The molecule has 1 atom stereocenters. The van der Waals surface area contributed by atoms with Crippen LogP contribution in [0.4, 0.5) is 14.5 Å². The van der Waals surface area contributed by atoms with Crippen LogP contribution in [0.2, 0.25) is 0 Å². The fraction of sp³-hybridized carbons (Fsp3) is 0.263. The summed E-state index contributed by atoms with van der Waals surface area (Å²) in [5, 5.41) is 2.54. The number of nitrogens with one attached hydrogen (secondary N) is 1. The average Bonchev–Trinajstić information content (AvgIpc) is 2.97. The topological polar surface area (TPSA) is 49.4 Å². The molecule has 2 amide bonds. The highest BCUT2D eigenvalue weighted by Gasteiger charge is 2.34. The standard InChI is InChI=1S/C19H18F2N2O2/c20-15-7-5-13(6-8-15)9-10-23-12-14(11-18(23)24)19(25)22-17-4-2-1-3-16(17)21/h1-8,14H,9-12H2,(H,22,25). The molecular formula is C19H18F2N2O2. The van der Waals surface area contributed by atoms with Gasteiger partial charge in [0.15, 0.2) is 0 Å². The Balaban J connectivity index is 1.55. The van der Waals surface area contributed by atoms with Crippen LogP contribution in [0.3, 0.4) is 0 Å². The van der Waals surface area contributed by atoms with Crippen molar-refractivity contribution in [2.75, 3.05) is 18.4 Å². The van der Waals surface area contributed by atoms with Crippen molar-refractivity contribution in [1.29, 1.82) is 0 Å². The second kappa shape index (κ2) is 7.42. The van der Waals surface area contributed by atoms with Crippen molar-refractivity contribution < 1.29 is 18.4 Å². The highest BCUT2D eigenvalue weighted by atomic mass is 19.1. The minimum atomic E-state index is -0.506. The van der Waals surface area contributed by atoms with E-state index in [9.17, 15) is 18.4 Å². The van der Waals surface area contributed by atoms with Crippen LogP contribution in [0, 0.1) is 17.6 Å². The Morgan fingerprint density at radius 3 is 2.56 bits per heavy atom. The molecule has 6 heteroatoms. The first-order valence-electron chi connectivity index (χ1n) is 8.10. The van der Waals surface area contributed by atoms with Gasteiger partial charge < -0.3 is 10.2 Å². The monoisotopic (exact) mass is 344 g/mol. The van der Waals surface area contributed by atoms with Crippen molar-refractivity contribution in [1.82, 2.24) is 4.90 Å². The fourth-order valence-corrected chi connectivity index (χ4v) is 2.88. The zero-order chi connectivity index (χ0) is 17.8. The lowest BCUT2D eigenvalue weighted by molar-refractivity contribution is -0.128. The highest BCUT2D eigenvalue weighted by Crippen LogP contribution is 2.21. The number of benzene rings is 2. The van der Waals surface area contributed by atoms with Crippen molar-refractivity contribution >= 4 is 17.5 Å². The van der Waals surface area contributed by atoms with E-state index in [-0.39, 0.29) is 29.7 Å². The number of nitrogens with zero attached hydrogens (tertiary/aromatic N) is 1. The van der Waals surface area contributed by atoms with Crippen LogP contribution < -0.4 is 5.32 Å². The smallest absolute Gasteiger partial charge is 0.229 e. The Morgan fingerprint density at radius 1 is 1.12 bits per heavy atom. The molecule has 0 aromatic heterocycles. The maximum absolute atomic E-state index is 13.6. The molecule has 0 radical (unpaired) electrons. The van der Waals surface area contributed by atoms with Crippen LogP contribution in [0.1, 0.15) is 12.0 Å². The molecule has 1 fully saturated rings. The SMILES string of the molecule is O=C(Nc1ccccc1F)C1CC(=O)N(CCc2ccc(F)cc2)C1. The quantitative estimate of drug-likeness (QED) is 0.906. The second-order valence-electron chi connectivity index (χ2n) is 6.09. The first-order valence-corrected chi connectivity index (χ1v) is 8.10. The van der Waals surface area contributed by atoms with Gasteiger partial charge in [-0.25, -0.2) is 8.78 Å². The summed E-state index contributed by atoms with van der Waals surface area (Å²) in [4.78, 5) is 26.0. The molecule has 1 aliphatic rings. The van der Waals surface area contributed by atoms with Crippen molar-refractivity contribution in [2.45, 2.75) is 12.8 Å². The number of amides is 2. The molecule has 4 nitrogen and oxygen atoms in total. The van der Waals surface area contributed by atoms with E-state index in [1.165, 1.54) is 24.3 Å². The summed E-state index contributed by atoms with van der Waals surface area (Å²) in [6.45, 7) is 0.772. The minimum absolute atomic E-state index is 0.101. The molecule has 1 N–H and O–H groups in total. The summed E-state index contributed by atoms with van der Waals surface area (Å²) in [7, 11) is 0. The third-order valence-corrected chi connectivity index (χ3v) is 4.30. The fourth-order valence-electron chi connectivity index (χ4n) is 2.88. The van der Waals surface area contributed by atoms with Gasteiger partial charge in [-0.05, 0) is 36.2 Å². The number of hydrogen-bond donors (Lipinski definition) is 1. The third-order valence-electron chi connectivity index (χ3n) is 4.30. The van der Waals surface area contributed by atoms with E-state index in [0.717, 1.165) is 5.56 Å². The van der Waals surface area contributed by atoms with Crippen LogP contribution in [-0.4, -0.2) is 29.8 Å². The largest absolute Gasteiger partial charge is 0.342 e. The Morgan fingerprint density at radius 2 is 1.84 bits per heavy atom. The Hall–Kier alpha value is -2.76. The van der Waals surface area contributed by atoms with Crippen LogP contribution in [0.25, 0.3) is 0 Å². The number of rotatable bonds is 5. The molecule has 1 heterocycles. The molecule has 0 saturated carbocycles. The number of anilines is 1. The molecule has 1 unspecified atom stereocenters. The number of carbonyl (C=O) groups excluding carboxylic acids is 2. The maximum atomic E-state index is 13.6. The first-order chi connectivity index (χ1) is 12.0. The summed E-state index contributed by atoms with van der Waals surface area (Å²) < 4.78 is 26.5. The predicted octanol–water partition coefficient (Wildman–Crippen LogP) is 2.99. The van der Waals surface area contributed by atoms with E-state index in [4.69, 9.17) is 0 Å². The maximum Gasteiger partial charge on any atom is 0.229 e. The molecule has 3 rings (SSSR count). The van der Waals surface area contributed by atoms with E-state index < -0.39 is 11.7 Å². The molecule has 1 saturated heterocycles. The predicted molar refractivity (Wildman–Crippen MR) is 89.8 cm³/mol. The zero-order valence-corrected chi connectivity index (χ0v) is 13.5. The van der Waals surface area contributed by atoms with E-state index in [0.29, 0.717) is 19.5 Å². The van der Waals surface area contributed by atoms with Gasteiger partial charge in [-0.15, -0.1) is 0 Å². The minimum Gasteiger partial charge on any atom is -0.342 e. The van der Waals surface area contributed by atoms with Crippen molar-refractivity contribution in [3.8, 4) is 0 Å². The van der Waals surface area contributed by atoms with Gasteiger partial charge in [0, 0.05) is 19.5 Å². The van der Waals surface area contributed by atoms with Crippen LogP contribution in [0.5, 0.6) is 0 Å². The third kappa shape index (κ3) is 4.21. The van der Waals surface area contributed by atoms with E-state index in [1.54, 1.807) is 29.2 Å². The molecule has 2 aromatic rings. The Bertz CT molecular complexity index is 777. The lowest BCUT2D eigenvalue weighted by Crippen LogP contribution is -2.30. The molecule has 0 bridgehead atoms. The zero-order valence-electron chi connectivity index (χ0n) is 13.5. The van der Waals surface area contributed by atoms with Gasteiger partial charge in [0.05, 0.1) is 11.6 Å². The van der Waals surface area contributed by atoms with Crippen LogP contribution in [-0.2, 0) is 16.0 Å². The number of para-hydroxylation sites is 1. The molecule has 0 spiro atoms. The van der Waals surface area contributed by atoms with E-state index in [2.05, 4.69) is 5.32 Å². The van der Waals surface area contributed by atoms with Crippen LogP contribution >= 0.6 is 0 Å². The number of hydrogen-bond acceptors (Lipinski definition) is 2. The van der Waals surface area contributed by atoms with E-state index in [1.807, 2.05) is 0 Å². The van der Waals surface area contributed by atoms with Gasteiger partial charge in [0.1, 0.15) is 11.6 Å². The molecule has 1 aliphatic heterocycles. The Kier molecular flexibility index (Phi) is 5.07. The van der Waals surface area contributed by atoms with Gasteiger partial charge in [0.25, 0.3) is 0 Å². The lowest BCUT2D eigenvalue weighted by atomic mass is 10.1. The van der Waals surface area contributed by atoms with Crippen molar-refractivity contribution in [2.24, 2.45) is 5.92 Å². The summed E-state index contributed by atoms with van der Waals surface area (Å²) in [5.41, 5.74) is 1.04. The normalized spacial score (nSPS) is 17.0. The number of likely N-dealkylation sites (tertiary alicyclic amines) is 1. The molecule has 2 aromatic carbocycles. The second-order valence-corrected chi connectivity index (χ2v) is 6.09. The number of carbonyl (C=O) groups is 2. The molecule has 0 aliphatic carbocycles. The first kappa shape index (κ1) is 17.1. The number of halogens is 2. The molecule has 130 valence electrons. The van der Waals surface area contributed by atoms with Crippen LogP contribution in [0.15, 0.2) is 48.5 Å². The summed E-state index contributed by atoms with van der Waals surface area (Å²) in [6.07, 6.45) is 0.706. The van der Waals surface area contributed by atoms with Crippen molar-refractivity contribution in [3.63, 3.8) is 0 Å². The summed E-state index contributed by atoms with van der Waals surface area (Å²) >= 11 is 0. The Labute approximate surface area is 144 Å². The molecule has 25 heavy (non-hydrogen) atoms. The van der Waals surface area contributed by atoms with Gasteiger partial charge in [-0.3, -0.25) is 9.59 Å². The summed E-state index contributed by atoms with van der Waals surface area (Å²) in [6, 6.07) is 12.0. The average molecular weight is 344 g/mol. The highest BCUT2D eigenvalue weighted by molar-refractivity contribution is 5.97. The van der Waals surface area contributed by atoms with Gasteiger partial charge in [-0.1, -0.05) is 24.3 Å².